The Morgan fingerprint density at radius 3 is 1.91 bits per heavy atom. The van der Waals surface area contributed by atoms with Crippen molar-refractivity contribution in [1.29, 1.82) is 0 Å². The van der Waals surface area contributed by atoms with Gasteiger partial charge >= 0.3 is 0 Å². The molecule has 218 valence electrons. The van der Waals surface area contributed by atoms with Gasteiger partial charge in [-0.2, -0.15) is 0 Å². The minimum Gasteiger partial charge on any atom is -0.437 e. The van der Waals surface area contributed by atoms with E-state index < -0.39 is 0 Å². The van der Waals surface area contributed by atoms with Gasteiger partial charge < -0.3 is 9.32 Å². The number of furan rings is 1. The Bertz CT molecular complexity index is 2400. The normalized spacial score (nSPS) is 11.5. The summed E-state index contributed by atoms with van der Waals surface area (Å²) in [7, 11) is 0. The van der Waals surface area contributed by atoms with Gasteiger partial charge in [0.15, 0.2) is 10.8 Å². The summed E-state index contributed by atoms with van der Waals surface area (Å²) in [5, 5.41) is 3.26. The van der Waals surface area contributed by atoms with Gasteiger partial charge in [0, 0.05) is 33.9 Å². The van der Waals surface area contributed by atoms with Crippen LogP contribution in [0.4, 0.5) is 17.1 Å². The van der Waals surface area contributed by atoms with E-state index in [0.717, 1.165) is 55.0 Å². The number of benzene rings is 6. The SMILES string of the molecule is c1ccc(N(c2ccccc2)c2ccc(-c3ccc4c(c3)c3ccccc3n4-c3ccc(-c4nc5ccccc5s4)o3)cc2)cc1. The molecule has 0 saturated heterocycles. The molecule has 0 aliphatic heterocycles. The van der Waals surface area contributed by atoms with E-state index in [1.54, 1.807) is 11.3 Å². The Balaban J connectivity index is 1.11. The average molecular weight is 610 g/mol. The molecule has 0 unspecified atom stereocenters. The van der Waals surface area contributed by atoms with Crippen LogP contribution in [-0.4, -0.2) is 9.55 Å². The number of nitrogens with zero attached hydrogens (tertiary/aromatic N) is 3. The lowest BCUT2D eigenvalue weighted by Gasteiger charge is -2.25. The highest BCUT2D eigenvalue weighted by molar-refractivity contribution is 7.21. The van der Waals surface area contributed by atoms with Gasteiger partial charge in [-0.15, -0.1) is 11.3 Å². The molecule has 4 nitrogen and oxygen atoms in total. The van der Waals surface area contributed by atoms with Crippen LogP contribution < -0.4 is 4.90 Å². The molecule has 3 heterocycles. The molecular weight excluding hydrogens is 583 g/mol. The van der Waals surface area contributed by atoms with Crippen molar-refractivity contribution >= 4 is 60.4 Å². The van der Waals surface area contributed by atoms with Crippen LogP contribution in [0, 0.1) is 0 Å². The molecule has 3 aromatic heterocycles. The monoisotopic (exact) mass is 609 g/mol. The number of rotatable bonds is 6. The third-order valence-corrected chi connectivity index (χ3v) is 9.53. The van der Waals surface area contributed by atoms with Crippen LogP contribution in [0.2, 0.25) is 0 Å². The molecule has 6 aromatic carbocycles. The zero-order valence-electron chi connectivity index (χ0n) is 24.7. The number of thiazole rings is 1. The predicted octanol–water partition coefficient (Wildman–Crippen LogP) is 11.8. The minimum absolute atomic E-state index is 0.777. The molecule has 0 radical (unpaired) electrons. The van der Waals surface area contributed by atoms with Gasteiger partial charge in [-0.05, 0) is 83.9 Å². The summed E-state index contributed by atoms with van der Waals surface area (Å²) in [5.74, 6) is 1.55. The van der Waals surface area contributed by atoms with E-state index in [-0.39, 0.29) is 0 Å². The summed E-state index contributed by atoms with van der Waals surface area (Å²) in [6, 6.07) is 57.4. The molecule has 0 amide bonds. The third-order valence-electron chi connectivity index (χ3n) is 8.48. The molecule has 0 aliphatic rings. The molecule has 9 rings (SSSR count). The molecule has 0 atom stereocenters. The van der Waals surface area contributed by atoms with E-state index in [1.807, 2.05) is 30.3 Å². The van der Waals surface area contributed by atoms with E-state index >= 15 is 0 Å². The van der Waals surface area contributed by atoms with Gasteiger partial charge in [0.25, 0.3) is 0 Å². The quantitative estimate of drug-likeness (QED) is 0.188. The van der Waals surface area contributed by atoms with Crippen LogP contribution in [0.25, 0.3) is 59.8 Å². The summed E-state index contributed by atoms with van der Waals surface area (Å²) < 4.78 is 9.86. The second-order valence-corrected chi connectivity index (χ2v) is 12.3. The van der Waals surface area contributed by atoms with Crippen LogP contribution in [0.1, 0.15) is 0 Å². The number of aromatic nitrogens is 2. The van der Waals surface area contributed by atoms with Gasteiger partial charge in [0.05, 0.1) is 21.3 Å². The second kappa shape index (κ2) is 10.9. The maximum atomic E-state index is 6.49. The fourth-order valence-electron chi connectivity index (χ4n) is 6.33. The van der Waals surface area contributed by atoms with Crippen molar-refractivity contribution in [1.82, 2.24) is 9.55 Å². The molecular formula is C41H27N3OS. The van der Waals surface area contributed by atoms with Crippen LogP contribution in [0.5, 0.6) is 0 Å². The summed E-state index contributed by atoms with van der Waals surface area (Å²) in [6.45, 7) is 0. The van der Waals surface area contributed by atoms with Gasteiger partial charge in [0.1, 0.15) is 0 Å². The summed E-state index contributed by atoms with van der Waals surface area (Å²) >= 11 is 1.65. The number of hydrogen-bond acceptors (Lipinski definition) is 4. The molecule has 0 bridgehead atoms. The zero-order valence-corrected chi connectivity index (χ0v) is 25.6. The smallest absolute Gasteiger partial charge is 0.205 e. The Labute approximate surface area is 270 Å². The first-order valence-electron chi connectivity index (χ1n) is 15.3. The van der Waals surface area contributed by atoms with E-state index in [9.17, 15) is 0 Å². The zero-order chi connectivity index (χ0) is 30.5. The first-order chi connectivity index (χ1) is 22.8. The van der Waals surface area contributed by atoms with Gasteiger partial charge in [-0.25, -0.2) is 4.98 Å². The highest BCUT2D eigenvalue weighted by Crippen LogP contribution is 2.39. The van der Waals surface area contributed by atoms with Crippen molar-refractivity contribution in [2.45, 2.75) is 0 Å². The molecule has 0 N–H and O–H groups in total. The van der Waals surface area contributed by atoms with Crippen molar-refractivity contribution < 1.29 is 4.42 Å². The predicted molar refractivity (Wildman–Crippen MR) is 192 cm³/mol. The lowest BCUT2D eigenvalue weighted by Crippen LogP contribution is -2.09. The van der Waals surface area contributed by atoms with Gasteiger partial charge in [0.2, 0.25) is 5.88 Å². The first-order valence-corrected chi connectivity index (χ1v) is 16.1. The van der Waals surface area contributed by atoms with Crippen LogP contribution >= 0.6 is 11.3 Å². The Hall–Kier alpha value is -5.91. The van der Waals surface area contributed by atoms with Crippen LogP contribution in [-0.2, 0) is 0 Å². The van der Waals surface area contributed by atoms with Crippen molar-refractivity contribution in [3.63, 3.8) is 0 Å². The third kappa shape index (κ3) is 4.48. The molecule has 0 fully saturated rings. The fourth-order valence-corrected chi connectivity index (χ4v) is 7.26. The molecule has 0 spiro atoms. The number of anilines is 3. The minimum atomic E-state index is 0.777. The second-order valence-electron chi connectivity index (χ2n) is 11.3. The molecule has 5 heteroatoms. The highest BCUT2D eigenvalue weighted by atomic mass is 32.1. The highest BCUT2D eigenvalue weighted by Gasteiger charge is 2.18. The molecule has 9 aromatic rings. The van der Waals surface area contributed by atoms with E-state index in [2.05, 4.69) is 143 Å². The number of para-hydroxylation sites is 4. The van der Waals surface area contributed by atoms with Crippen molar-refractivity contribution in [3.05, 3.63) is 164 Å². The van der Waals surface area contributed by atoms with Crippen molar-refractivity contribution in [3.8, 4) is 27.8 Å². The van der Waals surface area contributed by atoms with Gasteiger partial charge in [-0.3, -0.25) is 4.57 Å². The van der Waals surface area contributed by atoms with Crippen molar-refractivity contribution in [2.24, 2.45) is 0 Å². The van der Waals surface area contributed by atoms with Crippen LogP contribution in [0.3, 0.4) is 0 Å². The Morgan fingerprint density at radius 2 is 1.15 bits per heavy atom. The lowest BCUT2D eigenvalue weighted by molar-refractivity contribution is 0.560. The topological polar surface area (TPSA) is 34.2 Å². The first kappa shape index (κ1) is 26.5. The largest absolute Gasteiger partial charge is 0.437 e. The van der Waals surface area contributed by atoms with Crippen molar-refractivity contribution in [2.75, 3.05) is 4.90 Å². The Kier molecular flexibility index (Phi) is 6.28. The summed E-state index contributed by atoms with van der Waals surface area (Å²) in [4.78, 5) is 7.10. The maximum Gasteiger partial charge on any atom is 0.205 e. The molecule has 0 aliphatic carbocycles. The van der Waals surface area contributed by atoms with E-state index in [4.69, 9.17) is 9.40 Å². The molecule has 0 saturated carbocycles. The summed E-state index contributed by atoms with van der Waals surface area (Å²) in [5.41, 5.74) is 8.90. The maximum absolute atomic E-state index is 6.49. The summed E-state index contributed by atoms with van der Waals surface area (Å²) in [6.07, 6.45) is 0. The van der Waals surface area contributed by atoms with E-state index in [1.165, 1.54) is 21.9 Å². The van der Waals surface area contributed by atoms with E-state index in [0.29, 0.717) is 0 Å². The standard InChI is InChI=1S/C41H27N3OS/c1-3-11-30(12-4-1)43(31-13-5-2-6-14-31)32-22-19-28(20-23-32)29-21-24-37-34(27-29)33-15-7-9-17-36(33)44(37)40-26-25-38(45-40)41-42-35-16-8-10-18-39(35)46-41/h1-27H. The van der Waals surface area contributed by atoms with Crippen LogP contribution in [0.15, 0.2) is 168 Å². The average Bonchev–Trinajstić information content (AvgIpc) is 3.85. The fraction of sp³-hybridized carbons (Fsp3) is 0. The molecule has 46 heavy (non-hydrogen) atoms. The Morgan fingerprint density at radius 1 is 0.522 bits per heavy atom. The van der Waals surface area contributed by atoms with Gasteiger partial charge in [-0.1, -0.05) is 84.9 Å². The lowest BCUT2D eigenvalue weighted by atomic mass is 10.0. The number of fused-ring (bicyclic) bond motifs is 4. The number of hydrogen-bond donors (Lipinski definition) is 0.